The van der Waals surface area contributed by atoms with Gasteiger partial charge in [-0.1, -0.05) is 38.5 Å². The molecular weight excluding hydrogens is 250 g/mol. The summed E-state index contributed by atoms with van der Waals surface area (Å²) in [7, 11) is 0. The van der Waals surface area contributed by atoms with Gasteiger partial charge in [-0.25, -0.2) is 14.8 Å². The maximum Gasteiger partial charge on any atom is 0.341 e. The van der Waals surface area contributed by atoms with Gasteiger partial charge >= 0.3 is 5.97 Å². The molecule has 0 radical (unpaired) electrons. The van der Waals surface area contributed by atoms with E-state index < -0.39 is 5.97 Å². The minimum absolute atomic E-state index is 0.124. The SMILES string of the molecule is CCC(CC)CNc1nc(SC)ncc1C(=O)O. The monoisotopic (exact) mass is 269 g/mol. The largest absolute Gasteiger partial charge is 0.477 e. The van der Waals surface area contributed by atoms with Crippen molar-refractivity contribution in [3.05, 3.63) is 11.8 Å². The summed E-state index contributed by atoms with van der Waals surface area (Å²) >= 11 is 1.39. The van der Waals surface area contributed by atoms with Gasteiger partial charge in [-0.3, -0.25) is 0 Å². The highest BCUT2D eigenvalue weighted by atomic mass is 32.2. The Kier molecular flexibility index (Phi) is 5.91. The predicted molar refractivity (Wildman–Crippen MR) is 73.3 cm³/mol. The first-order chi connectivity index (χ1) is 8.62. The number of aromatic carboxylic acids is 1. The summed E-state index contributed by atoms with van der Waals surface area (Å²) in [5, 5.41) is 12.8. The molecule has 0 fully saturated rings. The van der Waals surface area contributed by atoms with Gasteiger partial charge in [0.25, 0.3) is 0 Å². The number of aromatic nitrogens is 2. The van der Waals surface area contributed by atoms with Crippen molar-refractivity contribution in [2.24, 2.45) is 5.92 Å². The van der Waals surface area contributed by atoms with Crippen molar-refractivity contribution in [3.63, 3.8) is 0 Å². The molecule has 0 bridgehead atoms. The molecule has 1 aromatic heterocycles. The van der Waals surface area contributed by atoms with E-state index in [0.29, 0.717) is 16.9 Å². The number of carbonyl (C=O) groups is 1. The first-order valence-electron chi connectivity index (χ1n) is 6.00. The lowest BCUT2D eigenvalue weighted by Crippen LogP contribution is -2.16. The van der Waals surface area contributed by atoms with Gasteiger partial charge < -0.3 is 10.4 Å². The molecule has 1 heterocycles. The quantitative estimate of drug-likeness (QED) is 0.585. The topological polar surface area (TPSA) is 75.1 Å². The molecule has 0 saturated heterocycles. The highest BCUT2D eigenvalue weighted by Crippen LogP contribution is 2.18. The molecule has 0 aliphatic carbocycles. The average Bonchev–Trinajstić information content (AvgIpc) is 2.39. The van der Waals surface area contributed by atoms with Crippen molar-refractivity contribution in [2.75, 3.05) is 18.1 Å². The zero-order valence-electron chi connectivity index (χ0n) is 10.9. The van der Waals surface area contributed by atoms with Crippen LogP contribution >= 0.6 is 11.8 Å². The van der Waals surface area contributed by atoms with E-state index in [-0.39, 0.29) is 5.56 Å². The minimum atomic E-state index is -1.00. The van der Waals surface area contributed by atoms with Gasteiger partial charge in [0.05, 0.1) is 0 Å². The van der Waals surface area contributed by atoms with E-state index in [9.17, 15) is 4.79 Å². The number of nitrogens with one attached hydrogen (secondary N) is 1. The fourth-order valence-corrected chi connectivity index (χ4v) is 1.91. The fourth-order valence-electron chi connectivity index (χ4n) is 1.57. The van der Waals surface area contributed by atoms with Crippen molar-refractivity contribution >= 4 is 23.5 Å². The molecule has 18 heavy (non-hydrogen) atoms. The predicted octanol–water partition coefficient (Wildman–Crippen LogP) is 2.74. The van der Waals surface area contributed by atoms with Gasteiger partial charge in [-0.05, 0) is 12.2 Å². The molecule has 5 nitrogen and oxygen atoms in total. The molecule has 0 aliphatic rings. The molecular formula is C12H19N3O2S. The standard InChI is InChI=1S/C12H19N3O2S/c1-4-8(5-2)6-13-10-9(11(16)17)7-14-12(15-10)18-3/h7-8H,4-6H2,1-3H3,(H,16,17)(H,13,14,15). The smallest absolute Gasteiger partial charge is 0.341 e. The highest BCUT2D eigenvalue weighted by Gasteiger charge is 2.14. The first-order valence-corrected chi connectivity index (χ1v) is 7.23. The number of thioether (sulfide) groups is 1. The zero-order chi connectivity index (χ0) is 13.5. The van der Waals surface area contributed by atoms with E-state index >= 15 is 0 Å². The van der Waals surface area contributed by atoms with Crippen LogP contribution in [-0.4, -0.2) is 33.8 Å². The van der Waals surface area contributed by atoms with Gasteiger partial charge in [0, 0.05) is 12.7 Å². The second-order valence-electron chi connectivity index (χ2n) is 3.99. The van der Waals surface area contributed by atoms with Crippen LogP contribution in [0.2, 0.25) is 0 Å². The van der Waals surface area contributed by atoms with Crippen LogP contribution < -0.4 is 5.32 Å². The van der Waals surface area contributed by atoms with Crippen molar-refractivity contribution in [1.29, 1.82) is 0 Å². The lowest BCUT2D eigenvalue weighted by atomic mass is 10.0. The summed E-state index contributed by atoms with van der Waals surface area (Å²) in [6, 6.07) is 0. The van der Waals surface area contributed by atoms with Crippen LogP contribution in [0.4, 0.5) is 5.82 Å². The van der Waals surface area contributed by atoms with E-state index in [0.717, 1.165) is 19.4 Å². The van der Waals surface area contributed by atoms with Gasteiger partial charge in [0.15, 0.2) is 5.16 Å². The third-order valence-corrected chi connectivity index (χ3v) is 3.45. The van der Waals surface area contributed by atoms with Crippen LogP contribution in [0.1, 0.15) is 37.0 Å². The van der Waals surface area contributed by atoms with Crippen LogP contribution in [0.15, 0.2) is 11.4 Å². The average molecular weight is 269 g/mol. The maximum atomic E-state index is 11.1. The number of hydrogen-bond donors (Lipinski definition) is 2. The normalized spacial score (nSPS) is 10.7. The van der Waals surface area contributed by atoms with Crippen molar-refractivity contribution < 1.29 is 9.90 Å². The van der Waals surface area contributed by atoms with Crippen LogP contribution in [0.3, 0.4) is 0 Å². The Morgan fingerprint density at radius 3 is 2.67 bits per heavy atom. The fraction of sp³-hybridized carbons (Fsp3) is 0.583. The maximum absolute atomic E-state index is 11.1. The summed E-state index contributed by atoms with van der Waals surface area (Å²) in [4.78, 5) is 19.3. The minimum Gasteiger partial charge on any atom is -0.477 e. The lowest BCUT2D eigenvalue weighted by molar-refractivity contribution is 0.0697. The summed E-state index contributed by atoms with van der Waals surface area (Å²) in [6.45, 7) is 4.99. The Hall–Kier alpha value is -1.30. The molecule has 0 atom stereocenters. The molecule has 0 aromatic carbocycles. The summed E-state index contributed by atoms with van der Waals surface area (Å²) in [5.74, 6) is -0.0669. The molecule has 1 aromatic rings. The number of hydrogen-bond acceptors (Lipinski definition) is 5. The van der Waals surface area contributed by atoms with Crippen molar-refractivity contribution in [3.8, 4) is 0 Å². The van der Waals surface area contributed by atoms with Crippen molar-refractivity contribution in [2.45, 2.75) is 31.8 Å². The molecule has 0 amide bonds. The number of nitrogens with zero attached hydrogens (tertiary/aromatic N) is 2. The summed E-state index contributed by atoms with van der Waals surface area (Å²) < 4.78 is 0. The van der Waals surface area contributed by atoms with E-state index in [1.165, 1.54) is 18.0 Å². The van der Waals surface area contributed by atoms with Crippen LogP contribution in [0.5, 0.6) is 0 Å². The molecule has 100 valence electrons. The Bertz CT molecular complexity index is 408. The van der Waals surface area contributed by atoms with E-state index in [1.807, 2.05) is 6.26 Å². The first kappa shape index (κ1) is 14.8. The summed E-state index contributed by atoms with van der Waals surface area (Å²) in [6.07, 6.45) is 5.34. The lowest BCUT2D eigenvalue weighted by Gasteiger charge is -2.15. The summed E-state index contributed by atoms with van der Waals surface area (Å²) in [5.41, 5.74) is 0.124. The number of carboxylic acids is 1. The van der Waals surface area contributed by atoms with Crippen LogP contribution in [-0.2, 0) is 0 Å². The van der Waals surface area contributed by atoms with Crippen molar-refractivity contribution in [1.82, 2.24) is 9.97 Å². The number of carboxylic acid groups (broad SMARTS) is 1. The van der Waals surface area contributed by atoms with Crippen LogP contribution in [0.25, 0.3) is 0 Å². The molecule has 0 aliphatic heterocycles. The molecule has 6 heteroatoms. The molecule has 2 N–H and O–H groups in total. The highest BCUT2D eigenvalue weighted by molar-refractivity contribution is 7.98. The Balaban J connectivity index is 2.87. The van der Waals surface area contributed by atoms with E-state index in [1.54, 1.807) is 0 Å². The van der Waals surface area contributed by atoms with Gasteiger partial charge in [-0.15, -0.1) is 0 Å². The Morgan fingerprint density at radius 1 is 1.50 bits per heavy atom. The van der Waals surface area contributed by atoms with Gasteiger partial charge in [0.2, 0.25) is 0 Å². The zero-order valence-corrected chi connectivity index (χ0v) is 11.8. The molecule has 0 saturated carbocycles. The Morgan fingerprint density at radius 2 is 2.17 bits per heavy atom. The second kappa shape index (κ2) is 7.20. The van der Waals surface area contributed by atoms with Gasteiger partial charge in [0.1, 0.15) is 11.4 Å². The third-order valence-electron chi connectivity index (χ3n) is 2.89. The van der Waals surface area contributed by atoms with Crippen LogP contribution in [0, 0.1) is 5.92 Å². The van der Waals surface area contributed by atoms with E-state index in [4.69, 9.17) is 5.11 Å². The van der Waals surface area contributed by atoms with Gasteiger partial charge in [-0.2, -0.15) is 0 Å². The van der Waals surface area contributed by atoms with E-state index in [2.05, 4.69) is 29.1 Å². The molecule has 1 rings (SSSR count). The second-order valence-corrected chi connectivity index (χ2v) is 4.76. The molecule has 0 unspecified atom stereocenters. The Labute approximate surface area is 111 Å². The number of rotatable bonds is 7. The molecule has 0 spiro atoms. The third kappa shape index (κ3) is 3.87. The number of anilines is 1.